The maximum atomic E-state index is 12.6. The van der Waals surface area contributed by atoms with Crippen LogP contribution in [0.1, 0.15) is 18.5 Å². The molecular weight excluding hydrogens is 392 g/mol. The van der Waals surface area contributed by atoms with Crippen LogP contribution in [0.4, 0.5) is 0 Å². The number of hydrogen-bond acceptors (Lipinski definition) is 5. The number of fused-ring (bicyclic) bond motifs is 1. The van der Waals surface area contributed by atoms with Gasteiger partial charge < -0.3 is 14.3 Å². The van der Waals surface area contributed by atoms with Crippen molar-refractivity contribution >= 4 is 20.6 Å². The zero-order valence-corrected chi connectivity index (χ0v) is 17.1. The van der Waals surface area contributed by atoms with E-state index < -0.39 is 15.4 Å². The van der Waals surface area contributed by atoms with Crippen LogP contribution < -0.4 is 15.9 Å². The van der Waals surface area contributed by atoms with Crippen LogP contribution in [0.5, 0.6) is 5.75 Å². The quantitative estimate of drug-likeness (QED) is 0.667. The molecule has 1 fully saturated rings. The van der Waals surface area contributed by atoms with E-state index in [0.29, 0.717) is 40.2 Å². The molecule has 0 amide bonds. The van der Waals surface area contributed by atoms with E-state index in [0.717, 1.165) is 19.1 Å². The highest BCUT2D eigenvalue weighted by atomic mass is 32.2. The molecule has 2 aromatic heterocycles. The van der Waals surface area contributed by atoms with Crippen LogP contribution in [0.2, 0.25) is 0 Å². The summed E-state index contributed by atoms with van der Waals surface area (Å²) >= 11 is 0. The first-order valence-electron chi connectivity index (χ1n) is 9.38. The fourth-order valence-electron chi connectivity index (χ4n) is 3.47. The second kappa shape index (κ2) is 7.18. The lowest BCUT2D eigenvalue weighted by Crippen LogP contribution is -2.19. The second-order valence-corrected chi connectivity index (χ2v) is 9.82. The first-order chi connectivity index (χ1) is 13.7. The number of rotatable bonds is 6. The fraction of sp³-hybridized carbons (Fsp3) is 0.333. The predicted octanol–water partition coefficient (Wildman–Crippen LogP) is 2.23. The molecule has 1 aliphatic carbocycles. The molecule has 0 aliphatic heterocycles. The summed E-state index contributed by atoms with van der Waals surface area (Å²) < 4.78 is 31.5. The summed E-state index contributed by atoms with van der Waals surface area (Å²) in [5.74, 6) is 0.454. The lowest BCUT2D eigenvalue weighted by Gasteiger charge is -2.17. The average molecular weight is 414 g/mol. The van der Waals surface area contributed by atoms with E-state index in [9.17, 15) is 18.0 Å². The van der Waals surface area contributed by atoms with Crippen LogP contribution >= 0.6 is 0 Å². The van der Waals surface area contributed by atoms with Gasteiger partial charge in [-0.15, -0.1) is 0 Å². The van der Waals surface area contributed by atoms with Crippen molar-refractivity contribution in [1.82, 2.24) is 9.55 Å². The maximum Gasteiger partial charge on any atom is 0.258 e. The zero-order chi connectivity index (χ0) is 20.8. The molecule has 0 unspecified atom stereocenters. The third kappa shape index (κ3) is 4.12. The monoisotopic (exact) mass is 414 g/mol. The minimum absolute atomic E-state index is 0.154. The molecule has 1 N–H and O–H groups in total. The van der Waals surface area contributed by atoms with Crippen molar-refractivity contribution in [2.75, 3.05) is 12.9 Å². The van der Waals surface area contributed by atoms with Gasteiger partial charge in [-0.1, -0.05) is 18.2 Å². The average Bonchev–Trinajstić information content (AvgIpc) is 3.46. The molecule has 152 valence electrons. The van der Waals surface area contributed by atoms with Crippen LogP contribution in [-0.4, -0.2) is 30.8 Å². The third-order valence-corrected chi connectivity index (χ3v) is 5.84. The topological polar surface area (TPSA) is 98.2 Å². The first-order valence-corrected chi connectivity index (χ1v) is 11.4. The normalized spacial score (nSPS) is 14.3. The molecule has 2 heterocycles. The van der Waals surface area contributed by atoms with Crippen molar-refractivity contribution < 1.29 is 13.2 Å². The van der Waals surface area contributed by atoms with Crippen LogP contribution in [0.3, 0.4) is 0 Å². The Morgan fingerprint density at radius 3 is 2.52 bits per heavy atom. The highest BCUT2D eigenvalue weighted by Gasteiger charge is 2.25. The van der Waals surface area contributed by atoms with E-state index in [1.54, 1.807) is 25.4 Å². The van der Waals surface area contributed by atoms with E-state index in [1.165, 1.54) is 10.6 Å². The Bertz CT molecular complexity index is 1320. The molecular formula is C21H22N2O5S. The minimum Gasteiger partial charge on any atom is -0.492 e. The Hall–Kier alpha value is -2.87. The number of aryl methyl sites for hydroxylation is 1. The van der Waals surface area contributed by atoms with Gasteiger partial charge in [0.1, 0.15) is 5.75 Å². The number of aromatic nitrogens is 2. The molecule has 1 aliphatic rings. The molecule has 1 aromatic carbocycles. The van der Waals surface area contributed by atoms with Crippen molar-refractivity contribution in [2.45, 2.75) is 18.6 Å². The molecule has 0 saturated heterocycles. The zero-order valence-electron chi connectivity index (χ0n) is 16.3. The summed E-state index contributed by atoms with van der Waals surface area (Å²) in [4.78, 5) is 27.5. The molecule has 0 radical (unpaired) electrons. The van der Waals surface area contributed by atoms with Crippen LogP contribution in [0.15, 0.2) is 46.1 Å². The van der Waals surface area contributed by atoms with Crippen molar-refractivity contribution in [2.24, 2.45) is 13.0 Å². The number of H-pyrrole nitrogens is 1. The van der Waals surface area contributed by atoms with Crippen molar-refractivity contribution in [1.29, 1.82) is 0 Å². The molecule has 29 heavy (non-hydrogen) atoms. The lowest BCUT2D eigenvalue weighted by atomic mass is 9.98. The van der Waals surface area contributed by atoms with Crippen LogP contribution in [0, 0.1) is 5.92 Å². The standard InChI is InChI=1S/C21H22N2O5S/c1-23-10-16(14-5-3-4-6-15(14)21(23)25)20-17(12-29(2,26)27)22-19(24)9-18(20)28-11-13-7-8-13/h3-6,9-10,13H,7-8,11-12H2,1-2H3,(H,22,24). The third-order valence-electron chi connectivity index (χ3n) is 5.02. The predicted molar refractivity (Wildman–Crippen MR) is 112 cm³/mol. The smallest absolute Gasteiger partial charge is 0.258 e. The van der Waals surface area contributed by atoms with Gasteiger partial charge in [0.2, 0.25) is 0 Å². The Morgan fingerprint density at radius 2 is 1.86 bits per heavy atom. The molecule has 0 bridgehead atoms. The van der Waals surface area contributed by atoms with E-state index in [-0.39, 0.29) is 17.0 Å². The number of pyridine rings is 2. The second-order valence-electron chi connectivity index (χ2n) is 7.68. The van der Waals surface area contributed by atoms with Gasteiger partial charge in [0.05, 0.1) is 12.4 Å². The first kappa shape index (κ1) is 19.4. The molecule has 1 saturated carbocycles. The summed E-state index contributed by atoms with van der Waals surface area (Å²) in [6.07, 6.45) is 4.94. The van der Waals surface area contributed by atoms with E-state index >= 15 is 0 Å². The number of nitrogens with zero attached hydrogens (tertiary/aromatic N) is 1. The number of nitrogens with one attached hydrogen (secondary N) is 1. The highest BCUT2D eigenvalue weighted by Crippen LogP contribution is 2.37. The van der Waals surface area contributed by atoms with Gasteiger partial charge in [-0.25, -0.2) is 8.42 Å². The molecule has 3 aromatic rings. The Morgan fingerprint density at radius 1 is 1.17 bits per heavy atom. The molecule has 4 rings (SSSR count). The van der Waals surface area contributed by atoms with Crippen molar-refractivity contribution in [3.8, 4) is 16.9 Å². The highest BCUT2D eigenvalue weighted by molar-refractivity contribution is 7.89. The van der Waals surface area contributed by atoms with Gasteiger partial charge in [-0.05, 0) is 30.2 Å². The number of ether oxygens (including phenoxy) is 1. The van der Waals surface area contributed by atoms with Crippen molar-refractivity contribution in [3.63, 3.8) is 0 Å². The Balaban J connectivity index is 2.03. The summed E-state index contributed by atoms with van der Waals surface area (Å²) in [5.41, 5.74) is 0.826. The number of aromatic amines is 1. The lowest BCUT2D eigenvalue weighted by molar-refractivity contribution is 0.300. The summed E-state index contributed by atoms with van der Waals surface area (Å²) in [7, 11) is -1.78. The van der Waals surface area contributed by atoms with Crippen LogP contribution in [0.25, 0.3) is 21.9 Å². The molecule has 8 heteroatoms. The Kier molecular flexibility index (Phi) is 4.82. The summed E-state index contributed by atoms with van der Waals surface area (Å²) in [6, 6.07) is 8.49. The largest absolute Gasteiger partial charge is 0.492 e. The van der Waals surface area contributed by atoms with E-state index in [4.69, 9.17) is 4.74 Å². The molecule has 0 atom stereocenters. The molecule has 7 nitrogen and oxygen atoms in total. The van der Waals surface area contributed by atoms with Gasteiger partial charge >= 0.3 is 0 Å². The summed E-state index contributed by atoms with van der Waals surface area (Å²) in [6.45, 7) is 0.471. The maximum absolute atomic E-state index is 12.6. The minimum atomic E-state index is -3.43. The van der Waals surface area contributed by atoms with E-state index in [2.05, 4.69) is 4.98 Å². The van der Waals surface area contributed by atoms with Crippen molar-refractivity contribution in [3.05, 3.63) is 62.9 Å². The van der Waals surface area contributed by atoms with Gasteiger partial charge in [-0.3, -0.25) is 9.59 Å². The number of benzene rings is 1. The van der Waals surface area contributed by atoms with Gasteiger partial charge in [0.25, 0.3) is 11.1 Å². The van der Waals surface area contributed by atoms with Crippen LogP contribution in [-0.2, 0) is 22.6 Å². The molecule has 0 spiro atoms. The Labute approximate surface area is 167 Å². The SMILES string of the molecule is Cn1cc(-c2c(OCC3CC3)cc(=O)[nH]c2CS(C)(=O)=O)c2ccccc2c1=O. The van der Waals surface area contributed by atoms with Gasteiger partial charge in [0, 0.05) is 47.8 Å². The van der Waals surface area contributed by atoms with Gasteiger partial charge in [0.15, 0.2) is 9.84 Å². The summed E-state index contributed by atoms with van der Waals surface area (Å²) in [5, 5.41) is 1.19. The van der Waals surface area contributed by atoms with E-state index in [1.807, 2.05) is 12.1 Å². The number of sulfone groups is 1. The van der Waals surface area contributed by atoms with Gasteiger partial charge in [-0.2, -0.15) is 0 Å². The number of hydrogen-bond donors (Lipinski definition) is 1. The fourth-order valence-corrected chi connectivity index (χ4v) is 4.22.